The van der Waals surface area contributed by atoms with Crippen molar-refractivity contribution in [1.82, 2.24) is 24.4 Å². The van der Waals surface area contributed by atoms with E-state index in [2.05, 4.69) is 21.5 Å². The molecule has 1 atom stereocenters. The molecular weight excluding hydrogens is 530 g/mol. The van der Waals surface area contributed by atoms with Crippen LogP contribution in [0.15, 0.2) is 54.0 Å². The number of ether oxygens (including phenoxy) is 1. The Hall–Kier alpha value is -4.67. The highest BCUT2D eigenvalue weighted by atomic mass is 19.1. The lowest BCUT2D eigenvalue weighted by Gasteiger charge is -2.40. The zero-order valence-corrected chi connectivity index (χ0v) is 22.9. The molecular formula is C30H28F2N6O3. The molecule has 0 saturated carbocycles. The standard InChI is InChI=1S/C30H28F2N6O3/c1-5-24(39)36-11-12-37(17(4)14-36)29-18-13-21(32)27-25-20(31)7-6-8-23(25)41-22-9-10-33-26(16(2)3)19(22)15-38(28(18)34-27)30(40)35-29/h5-10,13,16-17H,1,11-12,14-15H2,2-4H3/t17-/m0/s1. The van der Waals surface area contributed by atoms with E-state index < -0.39 is 17.3 Å². The van der Waals surface area contributed by atoms with Crippen LogP contribution in [0.1, 0.15) is 37.9 Å². The summed E-state index contributed by atoms with van der Waals surface area (Å²) in [6, 6.07) is 6.91. The van der Waals surface area contributed by atoms with Crippen molar-refractivity contribution in [2.45, 2.75) is 39.3 Å². The van der Waals surface area contributed by atoms with Crippen molar-refractivity contribution in [3.63, 3.8) is 0 Å². The van der Waals surface area contributed by atoms with Crippen molar-refractivity contribution in [1.29, 1.82) is 0 Å². The van der Waals surface area contributed by atoms with E-state index >= 15 is 8.78 Å². The van der Waals surface area contributed by atoms with E-state index in [1.54, 1.807) is 23.2 Å². The van der Waals surface area contributed by atoms with Gasteiger partial charge in [-0.3, -0.25) is 14.3 Å². The van der Waals surface area contributed by atoms with E-state index in [0.717, 1.165) is 0 Å². The van der Waals surface area contributed by atoms with Gasteiger partial charge in [-0.05, 0) is 43.2 Å². The number of rotatable bonds is 3. The molecule has 1 amide bonds. The highest BCUT2D eigenvalue weighted by Crippen LogP contribution is 2.40. The zero-order valence-electron chi connectivity index (χ0n) is 22.9. The number of carbonyl (C=O) groups is 1. The predicted molar refractivity (Wildman–Crippen MR) is 150 cm³/mol. The maximum Gasteiger partial charge on any atom is 0.351 e. The second-order valence-corrected chi connectivity index (χ2v) is 10.6. The highest BCUT2D eigenvalue weighted by Gasteiger charge is 2.31. The highest BCUT2D eigenvalue weighted by molar-refractivity contribution is 5.91. The molecule has 2 aliphatic heterocycles. The third-order valence-corrected chi connectivity index (χ3v) is 7.61. The molecule has 210 valence electrons. The molecule has 3 aromatic heterocycles. The summed E-state index contributed by atoms with van der Waals surface area (Å²) in [4.78, 5) is 43.0. The molecule has 41 heavy (non-hydrogen) atoms. The molecule has 0 N–H and O–H groups in total. The lowest BCUT2D eigenvalue weighted by molar-refractivity contribution is -0.126. The Balaban J connectivity index is 1.63. The number of nitrogens with zero attached hydrogens (tertiary/aromatic N) is 6. The maximum atomic E-state index is 15.9. The molecule has 9 nitrogen and oxygen atoms in total. The normalized spacial score (nSPS) is 16.4. The first kappa shape index (κ1) is 26.5. The van der Waals surface area contributed by atoms with Crippen molar-refractivity contribution < 1.29 is 18.3 Å². The van der Waals surface area contributed by atoms with Crippen LogP contribution in [0.3, 0.4) is 0 Å². The lowest BCUT2D eigenvalue weighted by Crippen LogP contribution is -2.54. The third-order valence-electron chi connectivity index (χ3n) is 7.61. The molecule has 11 heteroatoms. The molecule has 1 fully saturated rings. The summed E-state index contributed by atoms with van der Waals surface area (Å²) in [6.07, 6.45) is 2.86. The summed E-state index contributed by atoms with van der Waals surface area (Å²) >= 11 is 0. The summed E-state index contributed by atoms with van der Waals surface area (Å²) in [5.74, 6) is -0.973. The van der Waals surface area contributed by atoms with Gasteiger partial charge in [0, 0.05) is 37.4 Å². The topological polar surface area (TPSA) is 93.5 Å². The average molecular weight is 559 g/mol. The number of carbonyl (C=O) groups excluding carboxylic acids is 1. The minimum atomic E-state index is -0.785. The average Bonchev–Trinajstić information content (AvgIpc) is 2.94. The van der Waals surface area contributed by atoms with Crippen LogP contribution in [-0.4, -0.2) is 56.0 Å². The fourth-order valence-electron chi connectivity index (χ4n) is 5.63. The molecule has 5 heterocycles. The van der Waals surface area contributed by atoms with Crippen molar-refractivity contribution in [3.8, 4) is 22.8 Å². The molecule has 2 bridgehead atoms. The number of anilines is 1. The number of piperazine rings is 1. The van der Waals surface area contributed by atoms with Crippen molar-refractivity contribution in [3.05, 3.63) is 82.6 Å². The van der Waals surface area contributed by atoms with Crippen LogP contribution in [0.25, 0.3) is 22.3 Å². The number of aromatic nitrogens is 4. The lowest BCUT2D eigenvalue weighted by atomic mass is 10.0. The first-order chi connectivity index (χ1) is 19.7. The van der Waals surface area contributed by atoms with E-state index in [9.17, 15) is 9.59 Å². The molecule has 6 rings (SSSR count). The van der Waals surface area contributed by atoms with Gasteiger partial charge >= 0.3 is 5.69 Å². The van der Waals surface area contributed by atoms with Crippen LogP contribution < -0.4 is 15.3 Å². The van der Waals surface area contributed by atoms with Crippen LogP contribution >= 0.6 is 0 Å². The molecule has 2 aliphatic rings. The quantitative estimate of drug-likeness (QED) is 0.298. The Kier molecular flexibility index (Phi) is 6.51. The summed E-state index contributed by atoms with van der Waals surface area (Å²) in [5.41, 5.74) is 0.457. The molecule has 0 spiro atoms. The van der Waals surface area contributed by atoms with Crippen molar-refractivity contribution >= 4 is 22.8 Å². The maximum absolute atomic E-state index is 15.9. The molecule has 4 aromatic rings. The minimum absolute atomic E-state index is 0.0131. The summed E-state index contributed by atoms with van der Waals surface area (Å²) in [5, 5.41) is 0.303. The Morgan fingerprint density at radius 1 is 1.15 bits per heavy atom. The Morgan fingerprint density at radius 2 is 1.95 bits per heavy atom. The van der Waals surface area contributed by atoms with Gasteiger partial charge in [0.25, 0.3) is 0 Å². The van der Waals surface area contributed by atoms with Gasteiger partial charge in [-0.1, -0.05) is 26.5 Å². The first-order valence-corrected chi connectivity index (χ1v) is 13.4. The monoisotopic (exact) mass is 558 g/mol. The number of fused-ring (bicyclic) bond motifs is 4. The summed E-state index contributed by atoms with van der Waals surface area (Å²) in [6.45, 7) is 10.5. The Bertz CT molecular complexity index is 1790. The largest absolute Gasteiger partial charge is 0.456 e. The van der Waals surface area contributed by atoms with E-state index in [0.29, 0.717) is 42.0 Å². The van der Waals surface area contributed by atoms with Crippen molar-refractivity contribution in [2.75, 3.05) is 24.5 Å². The molecule has 0 aliphatic carbocycles. The van der Waals surface area contributed by atoms with Crippen LogP contribution in [0, 0.1) is 11.6 Å². The van der Waals surface area contributed by atoms with Crippen LogP contribution in [0.2, 0.25) is 0 Å². The Morgan fingerprint density at radius 3 is 2.68 bits per heavy atom. The number of pyridine rings is 2. The third kappa shape index (κ3) is 4.41. The van der Waals surface area contributed by atoms with Gasteiger partial charge in [0.05, 0.1) is 23.2 Å². The van der Waals surface area contributed by atoms with E-state index in [4.69, 9.17) is 4.74 Å². The second kappa shape index (κ2) is 10.1. The minimum Gasteiger partial charge on any atom is -0.456 e. The number of hydrogen-bond donors (Lipinski definition) is 0. The molecule has 1 aromatic carbocycles. The second-order valence-electron chi connectivity index (χ2n) is 10.6. The van der Waals surface area contributed by atoms with Gasteiger partial charge in [0.15, 0.2) is 5.82 Å². The van der Waals surface area contributed by atoms with Crippen LogP contribution in [0.5, 0.6) is 11.5 Å². The van der Waals surface area contributed by atoms with E-state index in [-0.39, 0.29) is 52.9 Å². The zero-order chi connectivity index (χ0) is 29.0. The van der Waals surface area contributed by atoms with Crippen molar-refractivity contribution in [2.24, 2.45) is 0 Å². The molecule has 0 unspecified atom stereocenters. The SMILES string of the molecule is C=CC(=O)N1CCN(c2nc(=O)n3c4nc(c(F)cc24)-c2c(F)cccc2Oc2ccnc(C(C)C)c2C3)[C@@H](C)C1. The summed E-state index contributed by atoms with van der Waals surface area (Å²) in [7, 11) is 0. The van der Waals surface area contributed by atoms with Gasteiger partial charge in [0.1, 0.15) is 34.5 Å². The summed E-state index contributed by atoms with van der Waals surface area (Å²) < 4.78 is 38.8. The van der Waals surface area contributed by atoms with E-state index in [1.807, 2.05) is 25.7 Å². The number of hydrogen-bond acceptors (Lipinski definition) is 7. The van der Waals surface area contributed by atoms with Crippen LogP contribution in [-0.2, 0) is 11.3 Å². The fraction of sp³-hybridized carbons (Fsp3) is 0.300. The van der Waals surface area contributed by atoms with Gasteiger partial charge < -0.3 is 14.5 Å². The van der Waals surface area contributed by atoms with Gasteiger partial charge in [-0.25, -0.2) is 18.6 Å². The number of halogens is 2. The fourth-order valence-corrected chi connectivity index (χ4v) is 5.63. The van der Waals surface area contributed by atoms with Gasteiger partial charge in [0.2, 0.25) is 5.91 Å². The first-order valence-electron chi connectivity index (χ1n) is 13.4. The van der Waals surface area contributed by atoms with Gasteiger partial charge in [-0.15, -0.1) is 0 Å². The number of benzene rings is 1. The molecule has 1 saturated heterocycles. The predicted octanol–water partition coefficient (Wildman–Crippen LogP) is 4.63. The van der Waals surface area contributed by atoms with Crippen LogP contribution in [0.4, 0.5) is 14.6 Å². The smallest absolute Gasteiger partial charge is 0.351 e. The van der Waals surface area contributed by atoms with E-state index in [1.165, 1.54) is 28.8 Å². The molecule has 0 radical (unpaired) electrons. The van der Waals surface area contributed by atoms with Gasteiger partial charge in [-0.2, -0.15) is 4.98 Å². The number of amides is 1. The Labute approximate surface area is 234 Å².